The van der Waals surface area contributed by atoms with Gasteiger partial charge in [0.1, 0.15) is 17.6 Å². The molecule has 1 aromatic rings. The molecule has 1 atom stereocenters. The lowest BCUT2D eigenvalue weighted by Crippen LogP contribution is -2.46. The summed E-state index contributed by atoms with van der Waals surface area (Å²) in [6, 6.07) is 4.40. The Kier molecular flexibility index (Phi) is 8.24. The van der Waals surface area contributed by atoms with Crippen molar-refractivity contribution in [2.45, 2.75) is 26.3 Å². The summed E-state index contributed by atoms with van der Waals surface area (Å²) >= 11 is 0. The Morgan fingerprint density at radius 3 is 2.46 bits per heavy atom. The molecule has 1 aromatic carbocycles. The molecule has 1 rings (SSSR count). The predicted molar refractivity (Wildman–Crippen MR) is 83.8 cm³/mol. The zero-order chi connectivity index (χ0) is 17.9. The first-order valence-electron chi connectivity index (χ1n) is 7.53. The lowest BCUT2D eigenvalue weighted by molar-refractivity contribution is -0.150. The lowest BCUT2D eigenvalue weighted by atomic mass is 10.3. The number of amides is 2. The maximum Gasteiger partial charge on any atom is 0.344 e. The van der Waals surface area contributed by atoms with Crippen LogP contribution in [-0.2, 0) is 19.1 Å². The Morgan fingerprint density at radius 2 is 1.83 bits per heavy atom. The quantitative estimate of drug-likeness (QED) is 0.648. The Hall–Kier alpha value is -2.64. The zero-order valence-corrected chi connectivity index (χ0v) is 13.6. The molecule has 7 nitrogen and oxygen atoms in total. The summed E-state index contributed by atoms with van der Waals surface area (Å²) in [6.07, 6.45) is 0.790. The monoisotopic (exact) mass is 340 g/mol. The van der Waals surface area contributed by atoms with Gasteiger partial charge in [0.2, 0.25) is 5.91 Å². The van der Waals surface area contributed by atoms with Crippen molar-refractivity contribution in [2.24, 2.45) is 0 Å². The summed E-state index contributed by atoms with van der Waals surface area (Å²) in [5.41, 5.74) is 0. The van der Waals surface area contributed by atoms with Crippen molar-refractivity contribution in [3.8, 4) is 5.75 Å². The van der Waals surface area contributed by atoms with Gasteiger partial charge < -0.3 is 20.1 Å². The molecule has 0 saturated heterocycles. The van der Waals surface area contributed by atoms with Crippen LogP contribution in [0.5, 0.6) is 5.75 Å². The second kappa shape index (κ2) is 10.2. The maximum absolute atomic E-state index is 12.7. The van der Waals surface area contributed by atoms with Crippen LogP contribution in [0.3, 0.4) is 0 Å². The molecule has 0 saturated carbocycles. The number of carbonyl (C=O) groups is 3. The van der Waals surface area contributed by atoms with Gasteiger partial charge in [-0.25, -0.2) is 9.18 Å². The van der Waals surface area contributed by atoms with E-state index in [0.29, 0.717) is 12.3 Å². The zero-order valence-electron chi connectivity index (χ0n) is 13.6. The van der Waals surface area contributed by atoms with E-state index >= 15 is 0 Å². The molecule has 0 aliphatic rings. The van der Waals surface area contributed by atoms with E-state index in [1.165, 1.54) is 31.2 Å². The molecule has 132 valence electrons. The Balaban J connectivity index is 2.24. The number of benzene rings is 1. The largest absolute Gasteiger partial charge is 0.482 e. The van der Waals surface area contributed by atoms with Gasteiger partial charge in [-0.2, -0.15) is 0 Å². The van der Waals surface area contributed by atoms with Gasteiger partial charge in [-0.1, -0.05) is 6.92 Å². The van der Waals surface area contributed by atoms with Crippen LogP contribution in [0.1, 0.15) is 20.3 Å². The fourth-order valence-electron chi connectivity index (χ4n) is 1.61. The minimum Gasteiger partial charge on any atom is -0.482 e. The first-order valence-corrected chi connectivity index (χ1v) is 7.53. The molecule has 2 amide bonds. The molecule has 0 heterocycles. The summed E-state index contributed by atoms with van der Waals surface area (Å²) in [5, 5.41) is 5.05. The highest BCUT2D eigenvalue weighted by Gasteiger charge is 2.16. The van der Waals surface area contributed by atoms with Gasteiger partial charge in [0.05, 0.1) is 0 Å². The number of ether oxygens (including phenoxy) is 2. The fourth-order valence-corrected chi connectivity index (χ4v) is 1.61. The molecule has 0 aliphatic heterocycles. The van der Waals surface area contributed by atoms with Crippen LogP contribution in [0, 0.1) is 5.82 Å². The average molecular weight is 340 g/mol. The van der Waals surface area contributed by atoms with E-state index < -0.39 is 36.9 Å². The van der Waals surface area contributed by atoms with E-state index in [9.17, 15) is 18.8 Å². The first kappa shape index (κ1) is 19.4. The minimum absolute atomic E-state index is 0.305. The maximum atomic E-state index is 12.7. The molecule has 0 radical (unpaired) electrons. The highest BCUT2D eigenvalue weighted by Crippen LogP contribution is 2.10. The van der Waals surface area contributed by atoms with E-state index in [2.05, 4.69) is 10.6 Å². The number of rotatable bonds is 9. The topological polar surface area (TPSA) is 93.7 Å². The molecule has 0 aromatic heterocycles. The number of nitrogens with one attached hydrogen (secondary N) is 2. The molecular weight excluding hydrogens is 319 g/mol. The van der Waals surface area contributed by atoms with E-state index in [-0.39, 0.29) is 5.91 Å². The van der Waals surface area contributed by atoms with Crippen molar-refractivity contribution in [1.82, 2.24) is 10.6 Å². The van der Waals surface area contributed by atoms with Crippen molar-refractivity contribution in [3.05, 3.63) is 30.1 Å². The standard InChI is InChI=1S/C16H21FN2O5/c1-3-8-18-16(22)11(2)19-14(20)9-24-15(21)10-23-13-6-4-12(17)5-7-13/h4-7,11H,3,8-10H2,1-2H3,(H,18,22)(H,19,20)/t11-/m0/s1. The molecule has 0 spiro atoms. The average Bonchev–Trinajstić information content (AvgIpc) is 2.57. The summed E-state index contributed by atoms with van der Waals surface area (Å²) in [4.78, 5) is 34.6. The van der Waals surface area contributed by atoms with E-state index in [1.807, 2.05) is 6.92 Å². The number of carbonyl (C=O) groups excluding carboxylic acids is 3. The van der Waals surface area contributed by atoms with Gasteiger partial charge in [0.25, 0.3) is 5.91 Å². The van der Waals surface area contributed by atoms with Gasteiger partial charge in [-0.05, 0) is 37.6 Å². The highest BCUT2D eigenvalue weighted by atomic mass is 19.1. The molecule has 0 aliphatic carbocycles. The van der Waals surface area contributed by atoms with Crippen molar-refractivity contribution >= 4 is 17.8 Å². The highest BCUT2D eigenvalue weighted by molar-refractivity contribution is 5.88. The van der Waals surface area contributed by atoms with Crippen LogP contribution in [0.15, 0.2) is 24.3 Å². The SMILES string of the molecule is CCCNC(=O)[C@H](C)NC(=O)COC(=O)COc1ccc(F)cc1. The van der Waals surface area contributed by atoms with Gasteiger partial charge in [-0.15, -0.1) is 0 Å². The molecule has 8 heteroatoms. The summed E-state index contributed by atoms with van der Waals surface area (Å²) in [5.74, 6) is -1.77. The molecule has 0 bridgehead atoms. The number of esters is 1. The van der Waals surface area contributed by atoms with Crippen molar-refractivity contribution in [2.75, 3.05) is 19.8 Å². The van der Waals surface area contributed by atoms with E-state index in [0.717, 1.165) is 6.42 Å². The van der Waals surface area contributed by atoms with Crippen molar-refractivity contribution < 1.29 is 28.2 Å². The van der Waals surface area contributed by atoms with Crippen LogP contribution < -0.4 is 15.4 Å². The predicted octanol–water partition coefficient (Wildman–Crippen LogP) is 0.779. The summed E-state index contributed by atoms with van der Waals surface area (Å²) in [6.45, 7) is 3.04. The molecular formula is C16H21FN2O5. The molecule has 2 N–H and O–H groups in total. The van der Waals surface area contributed by atoms with E-state index in [1.54, 1.807) is 0 Å². The van der Waals surface area contributed by atoms with E-state index in [4.69, 9.17) is 9.47 Å². The summed E-state index contributed by atoms with van der Waals surface area (Å²) in [7, 11) is 0. The lowest BCUT2D eigenvalue weighted by Gasteiger charge is -2.13. The van der Waals surface area contributed by atoms with Crippen molar-refractivity contribution in [1.29, 1.82) is 0 Å². The van der Waals surface area contributed by atoms with Crippen molar-refractivity contribution in [3.63, 3.8) is 0 Å². The summed E-state index contributed by atoms with van der Waals surface area (Å²) < 4.78 is 22.5. The number of hydrogen-bond donors (Lipinski definition) is 2. The number of halogens is 1. The minimum atomic E-state index is -0.752. The molecule has 0 unspecified atom stereocenters. The van der Waals surface area contributed by atoms with Crippen LogP contribution in [-0.4, -0.2) is 43.6 Å². The second-order valence-electron chi connectivity index (χ2n) is 4.98. The van der Waals surface area contributed by atoms with Crippen LogP contribution in [0.2, 0.25) is 0 Å². The van der Waals surface area contributed by atoms with Crippen LogP contribution in [0.25, 0.3) is 0 Å². The Bertz CT molecular complexity index is 562. The Morgan fingerprint density at radius 1 is 1.17 bits per heavy atom. The normalized spacial score (nSPS) is 11.3. The second-order valence-corrected chi connectivity index (χ2v) is 4.98. The van der Waals surface area contributed by atoms with Crippen LogP contribution >= 0.6 is 0 Å². The molecule has 0 fully saturated rings. The number of hydrogen-bond acceptors (Lipinski definition) is 5. The smallest absolute Gasteiger partial charge is 0.344 e. The van der Waals surface area contributed by atoms with Gasteiger partial charge >= 0.3 is 5.97 Å². The fraction of sp³-hybridized carbons (Fsp3) is 0.438. The van der Waals surface area contributed by atoms with Gasteiger partial charge in [0.15, 0.2) is 13.2 Å². The first-order chi connectivity index (χ1) is 11.4. The third-order valence-corrected chi connectivity index (χ3v) is 2.85. The van der Waals surface area contributed by atoms with Gasteiger partial charge in [-0.3, -0.25) is 9.59 Å². The van der Waals surface area contributed by atoms with Crippen LogP contribution in [0.4, 0.5) is 4.39 Å². The molecule has 24 heavy (non-hydrogen) atoms. The van der Waals surface area contributed by atoms with Gasteiger partial charge in [0, 0.05) is 6.54 Å². The Labute approximate surface area is 139 Å². The third-order valence-electron chi connectivity index (χ3n) is 2.85. The third kappa shape index (κ3) is 7.57.